The Balaban J connectivity index is 1.73. The number of para-hydroxylation sites is 1. The predicted octanol–water partition coefficient (Wildman–Crippen LogP) is 3.71. The Hall–Kier alpha value is -2.57. The highest BCUT2D eigenvalue weighted by atomic mass is 32.1. The van der Waals surface area contributed by atoms with E-state index in [1.807, 2.05) is 48.7 Å². The van der Waals surface area contributed by atoms with Gasteiger partial charge in [-0.05, 0) is 42.1 Å². The Kier molecular flexibility index (Phi) is 4.69. The molecule has 1 atom stereocenters. The highest BCUT2D eigenvalue weighted by Crippen LogP contribution is 2.32. The summed E-state index contributed by atoms with van der Waals surface area (Å²) in [5, 5.41) is 18.5. The van der Waals surface area contributed by atoms with Crippen LogP contribution in [0, 0.1) is 6.92 Å². The first kappa shape index (κ1) is 16.3. The molecule has 0 bridgehead atoms. The Bertz CT molecular complexity index is 763. The summed E-state index contributed by atoms with van der Waals surface area (Å²) in [6, 6.07) is 14.2. The number of anilines is 1. The maximum absolute atomic E-state index is 12.2. The van der Waals surface area contributed by atoms with E-state index in [9.17, 15) is 9.90 Å². The van der Waals surface area contributed by atoms with Crippen molar-refractivity contribution in [3.05, 3.63) is 76.4 Å². The van der Waals surface area contributed by atoms with Gasteiger partial charge < -0.3 is 20.2 Å². The van der Waals surface area contributed by atoms with Crippen molar-refractivity contribution < 1.29 is 14.3 Å². The van der Waals surface area contributed by atoms with Crippen molar-refractivity contribution in [3.63, 3.8) is 0 Å². The van der Waals surface area contributed by atoms with Crippen LogP contribution >= 0.6 is 11.3 Å². The Morgan fingerprint density at radius 1 is 1.21 bits per heavy atom. The number of aryl methyl sites for hydroxylation is 1. The number of urea groups is 1. The summed E-state index contributed by atoms with van der Waals surface area (Å²) in [6.45, 7) is 1.92. The molecular weight excluding hydrogens is 324 g/mol. The van der Waals surface area contributed by atoms with Gasteiger partial charge in [-0.2, -0.15) is 0 Å². The lowest BCUT2D eigenvalue weighted by Gasteiger charge is -2.25. The number of carbonyl (C=O) groups is 1. The van der Waals surface area contributed by atoms with Crippen molar-refractivity contribution >= 4 is 23.1 Å². The first-order chi connectivity index (χ1) is 11.6. The molecule has 6 heteroatoms. The molecule has 0 aliphatic carbocycles. The molecular formula is C18H18N2O3S. The van der Waals surface area contributed by atoms with E-state index in [0.29, 0.717) is 10.6 Å². The lowest BCUT2D eigenvalue weighted by Crippen LogP contribution is -2.42. The highest BCUT2D eigenvalue weighted by molar-refractivity contribution is 7.10. The second-order valence-electron chi connectivity index (χ2n) is 5.44. The van der Waals surface area contributed by atoms with Crippen LogP contribution in [0.3, 0.4) is 0 Å². The molecule has 24 heavy (non-hydrogen) atoms. The number of furan rings is 1. The summed E-state index contributed by atoms with van der Waals surface area (Å²) in [7, 11) is 0. The lowest BCUT2D eigenvalue weighted by molar-refractivity contribution is 0.0628. The standard InChI is InChI=1S/C18H18N2O3S/c1-13-6-2-3-7-14(13)20-17(21)19-12-18(22,15-8-4-10-23-15)16-9-5-11-24-16/h2-11,22H,12H2,1H3,(H2,19,20,21)/t18-/m0/s1. The van der Waals surface area contributed by atoms with E-state index in [4.69, 9.17) is 4.42 Å². The predicted molar refractivity (Wildman–Crippen MR) is 94.2 cm³/mol. The number of hydrogen-bond donors (Lipinski definition) is 3. The molecule has 0 unspecified atom stereocenters. The van der Waals surface area contributed by atoms with Gasteiger partial charge >= 0.3 is 6.03 Å². The van der Waals surface area contributed by atoms with Gasteiger partial charge in [0.1, 0.15) is 5.76 Å². The fourth-order valence-electron chi connectivity index (χ4n) is 2.41. The van der Waals surface area contributed by atoms with Crippen molar-refractivity contribution in [2.24, 2.45) is 0 Å². The third kappa shape index (κ3) is 3.34. The van der Waals surface area contributed by atoms with Gasteiger partial charge in [-0.3, -0.25) is 0 Å². The molecule has 0 aliphatic heterocycles. The Morgan fingerprint density at radius 3 is 2.71 bits per heavy atom. The quantitative estimate of drug-likeness (QED) is 0.662. The van der Waals surface area contributed by atoms with Crippen LogP contribution in [0.15, 0.2) is 64.6 Å². The largest absolute Gasteiger partial charge is 0.466 e. The van der Waals surface area contributed by atoms with Crippen molar-refractivity contribution in [1.29, 1.82) is 0 Å². The summed E-state index contributed by atoms with van der Waals surface area (Å²) < 4.78 is 5.38. The third-order valence-electron chi connectivity index (χ3n) is 3.76. The summed E-state index contributed by atoms with van der Waals surface area (Å²) in [6.07, 6.45) is 1.50. The number of amides is 2. The zero-order valence-electron chi connectivity index (χ0n) is 13.2. The van der Waals surface area contributed by atoms with Crippen LogP contribution in [0.4, 0.5) is 10.5 Å². The first-order valence-corrected chi connectivity index (χ1v) is 8.38. The van der Waals surface area contributed by atoms with Gasteiger partial charge in [0.15, 0.2) is 5.60 Å². The van der Waals surface area contributed by atoms with Crippen LogP contribution in [0.2, 0.25) is 0 Å². The maximum Gasteiger partial charge on any atom is 0.319 e. The second-order valence-corrected chi connectivity index (χ2v) is 6.39. The van der Waals surface area contributed by atoms with E-state index in [2.05, 4.69) is 10.6 Å². The first-order valence-electron chi connectivity index (χ1n) is 7.50. The molecule has 5 nitrogen and oxygen atoms in total. The van der Waals surface area contributed by atoms with Gasteiger partial charge in [-0.25, -0.2) is 4.79 Å². The monoisotopic (exact) mass is 342 g/mol. The fourth-order valence-corrected chi connectivity index (χ4v) is 3.24. The SMILES string of the molecule is Cc1ccccc1NC(=O)NC[C@](O)(c1ccco1)c1cccs1. The van der Waals surface area contributed by atoms with Gasteiger partial charge in [0.25, 0.3) is 0 Å². The molecule has 3 rings (SSSR count). The molecule has 0 saturated carbocycles. The van der Waals surface area contributed by atoms with Gasteiger partial charge in [0.05, 0.1) is 12.8 Å². The molecule has 0 aliphatic rings. The average molecular weight is 342 g/mol. The van der Waals surface area contributed by atoms with Crippen LogP contribution in [0.5, 0.6) is 0 Å². The van der Waals surface area contributed by atoms with E-state index < -0.39 is 5.60 Å². The number of benzene rings is 1. The van der Waals surface area contributed by atoms with E-state index in [1.165, 1.54) is 17.6 Å². The minimum atomic E-state index is -1.40. The molecule has 3 N–H and O–H groups in total. The van der Waals surface area contributed by atoms with Crippen molar-refractivity contribution in [2.75, 3.05) is 11.9 Å². The van der Waals surface area contributed by atoms with Crippen LogP contribution in [-0.2, 0) is 5.60 Å². The second kappa shape index (κ2) is 6.90. The minimum absolute atomic E-state index is 0.00125. The smallest absolute Gasteiger partial charge is 0.319 e. The van der Waals surface area contributed by atoms with Gasteiger partial charge in [0.2, 0.25) is 0 Å². The number of rotatable bonds is 5. The lowest BCUT2D eigenvalue weighted by atomic mass is 9.99. The summed E-state index contributed by atoms with van der Waals surface area (Å²) in [4.78, 5) is 12.9. The maximum atomic E-state index is 12.2. The van der Waals surface area contributed by atoms with E-state index >= 15 is 0 Å². The molecule has 0 radical (unpaired) electrons. The summed E-state index contributed by atoms with van der Waals surface area (Å²) >= 11 is 1.40. The molecule has 124 valence electrons. The molecule has 0 fully saturated rings. The van der Waals surface area contributed by atoms with Crippen molar-refractivity contribution in [3.8, 4) is 0 Å². The zero-order chi connectivity index (χ0) is 17.0. The highest BCUT2D eigenvalue weighted by Gasteiger charge is 2.36. The molecule has 2 aromatic heterocycles. The van der Waals surface area contributed by atoms with Gasteiger partial charge in [-0.15, -0.1) is 11.3 Å². The van der Waals surface area contributed by atoms with Crippen LogP contribution in [-0.4, -0.2) is 17.7 Å². The fraction of sp³-hybridized carbons (Fsp3) is 0.167. The number of thiophene rings is 1. The topological polar surface area (TPSA) is 74.5 Å². The van der Waals surface area contributed by atoms with E-state index in [1.54, 1.807) is 12.1 Å². The normalized spacial score (nSPS) is 13.2. The molecule has 0 spiro atoms. The van der Waals surface area contributed by atoms with Crippen LogP contribution < -0.4 is 10.6 Å². The Morgan fingerprint density at radius 2 is 2.04 bits per heavy atom. The van der Waals surface area contributed by atoms with Gasteiger partial charge in [0, 0.05) is 10.6 Å². The Labute approximate surface area is 143 Å². The molecule has 1 aromatic carbocycles. The minimum Gasteiger partial charge on any atom is -0.466 e. The van der Waals surface area contributed by atoms with Crippen LogP contribution in [0.25, 0.3) is 0 Å². The van der Waals surface area contributed by atoms with E-state index in [-0.39, 0.29) is 12.6 Å². The number of nitrogens with one attached hydrogen (secondary N) is 2. The molecule has 0 saturated heterocycles. The van der Waals surface area contributed by atoms with Crippen molar-refractivity contribution in [1.82, 2.24) is 5.32 Å². The number of carbonyl (C=O) groups excluding carboxylic acids is 1. The molecule has 3 aromatic rings. The van der Waals surface area contributed by atoms with Crippen LogP contribution in [0.1, 0.15) is 16.2 Å². The number of hydrogen-bond acceptors (Lipinski definition) is 4. The summed E-state index contributed by atoms with van der Waals surface area (Å²) in [5.41, 5.74) is 0.292. The number of aliphatic hydroxyl groups is 1. The average Bonchev–Trinajstić information content (AvgIpc) is 3.28. The van der Waals surface area contributed by atoms with Gasteiger partial charge in [-0.1, -0.05) is 24.3 Å². The van der Waals surface area contributed by atoms with E-state index in [0.717, 1.165) is 11.3 Å². The summed E-state index contributed by atoms with van der Waals surface area (Å²) in [5.74, 6) is 0.390. The zero-order valence-corrected chi connectivity index (χ0v) is 14.0. The molecule has 2 amide bonds. The third-order valence-corrected chi connectivity index (χ3v) is 4.78. The molecule has 2 heterocycles. The van der Waals surface area contributed by atoms with Crippen molar-refractivity contribution in [2.45, 2.75) is 12.5 Å².